The molecule has 0 unspecified atom stereocenters. The van der Waals surface area contributed by atoms with Crippen LogP contribution in [0.3, 0.4) is 0 Å². The van der Waals surface area contributed by atoms with Crippen LogP contribution < -0.4 is 10.2 Å². The van der Waals surface area contributed by atoms with Gasteiger partial charge in [-0.1, -0.05) is 12.1 Å². The quantitative estimate of drug-likeness (QED) is 0.485. The van der Waals surface area contributed by atoms with E-state index in [4.69, 9.17) is 0 Å². The SMILES string of the molecule is Cc1nccn1-c1cc(CNC(=O)C2CCN(c3ccccc3[N+](=O)[O-])CC2)ccn1. The highest BCUT2D eigenvalue weighted by atomic mass is 16.6. The molecule has 1 aromatic carbocycles. The number of hydrogen-bond acceptors (Lipinski definition) is 6. The predicted molar refractivity (Wildman–Crippen MR) is 116 cm³/mol. The van der Waals surface area contributed by atoms with Gasteiger partial charge in [0.15, 0.2) is 0 Å². The average Bonchev–Trinajstić information content (AvgIpc) is 3.23. The number of para-hydroxylation sites is 2. The number of nitrogens with zero attached hydrogens (tertiary/aromatic N) is 5. The van der Waals surface area contributed by atoms with Gasteiger partial charge in [-0.3, -0.25) is 19.5 Å². The van der Waals surface area contributed by atoms with Gasteiger partial charge in [-0.2, -0.15) is 0 Å². The third kappa shape index (κ3) is 4.55. The standard InChI is InChI=1S/C22H24N6O3/c1-16-23-10-13-27(16)21-14-17(6-9-24-21)15-25-22(29)18-7-11-26(12-8-18)19-4-2-3-5-20(19)28(30)31/h2-6,9-10,13-14,18H,7-8,11-12,15H2,1H3,(H,25,29). The molecule has 0 radical (unpaired) electrons. The molecule has 160 valence electrons. The van der Waals surface area contributed by atoms with Crippen LogP contribution in [0.15, 0.2) is 55.0 Å². The number of pyridine rings is 1. The monoisotopic (exact) mass is 420 g/mol. The molecule has 0 aliphatic carbocycles. The number of nitro groups is 1. The minimum atomic E-state index is -0.359. The minimum absolute atomic E-state index is 0.0133. The molecule has 3 heterocycles. The zero-order valence-corrected chi connectivity index (χ0v) is 17.3. The number of rotatable bonds is 6. The van der Waals surface area contributed by atoms with Gasteiger partial charge >= 0.3 is 0 Å². The topological polar surface area (TPSA) is 106 Å². The van der Waals surface area contributed by atoms with Crippen LogP contribution >= 0.6 is 0 Å². The molecule has 1 fully saturated rings. The average molecular weight is 420 g/mol. The number of nitro benzene ring substituents is 1. The lowest BCUT2D eigenvalue weighted by Crippen LogP contribution is -2.40. The number of imidazole rings is 1. The van der Waals surface area contributed by atoms with Crippen molar-refractivity contribution in [1.29, 1.82) is 0 Å². The van der Waals surface area contributed by atoms with Crippen molar-refractivity contribution in [2.24, 2.45) is 5.92 Å². The Morgan fingerprint density at radius 1 is 1.19 bits per heavy atom. The Kier molecular flexibility index (Phi) is 5.92. The molecule has 9 nitrogen and oxygen atoms in total. The maximum absolute atomic E-state index is 12.7. The van der Waals surface area contributed by atoms with Gasteiger partial charge in [-0.15, -0.1) is 0 Å². The fraction of sp³-hybridized carbons (Fsp3) is 0.318. The van der Waals surface area contributed by atoms with Gasteiger partial charge in [0, 0.05) is 50.2 Å². The van der Waals surface area contributed by atoms with Gasteiger partial charge in [0.05, 0.1) is 4.92 Å². The maximum atomic E-state index is 12.7. The van der Waals surface area contributed by atoms with Crippen molar-refractivity contribution in [2.45, 2.75) is 26.3 Å². The number of carbonyl (C=O) groups is 1. The van der Waals surface area contributed by atoms with Gasteiger partial charge in [0.2, 0.25) is 5.91 Å². The summed E-state index contributed by atoms with van der Waals surface area (Å²) >= 11 is 0. The van der Waals surface area contributed by atoms with E-state index in [1.807, 2.05) is 34.7 Å². The molecule has 1 amide bonds. The second-order valence-corrected chi connectivity index (χ2v) is 7.59. The lowest BCUT2D eigenvalue weighted by molar-refractivity contribution is -0.384. The molecule has 1 saturated heterocycles. The molecule has 9 heteroatoms. The number of anilines is 1. The molecule has 1 N–H and O–H groups in total. The number of piperidine rings is 1. The Labute approximate surface area is 179 Å². The van der Waals surface area contributed by atoms with Crippen LogP contribution in [-0.4, -0.2) is 38.5 Å². The molecule has 2 aromatic heterocycles. The number of aryl methyl sites for hydroxylation is 1. The summed E-state index contributed by atoms with van der Waals surface area (Å²) in [5, 5.41) is 14.3. The van der Waals surface area contributed by atoms with Crippen molar-refractivity contribution in [1.82, 2.24) is 19.9 Å². The first-order chi connectivity index (χ1) is 15.0. The molecule has 0 atom stereocenters. The van der Waals surface area contributed by atoms with Crippen LogP contribution in [0.5, 0.6) is 0 Å². The number of amides is 1. The molecule has 1 aliphatic heterocycles. The fourth-order valence-electron chi connectivity index (χ4n) is 3.92. The first-order valence-electron chi connectivity index (χ1n) is 10.2. The van der Waals surface area contributed by atoms with Crippen molar-refractivity contribution in [3.8, 4) is 5.82 Å². The Balaban J connectivity index is 1.33. The number of carbonyl (C=O) groups excluding carboxylic acids is 1. The van der Waals surface area contributed by atoms with Crippen LogP contribution in [0.2, 0.25) is 0 Å². The number of hydrogen-bond donors (Lipinski definition) is 1. The molecular formula is C22H24N6O3. The molecule has 0 bridgehead atoms. The van der Waals surface area contributed by atoms with Crippen molar-refractivity contribution in [3.05, 3.63) is 76.5 Å². The minimum Gasteiger partial charge on any atom is -0.366 e. The zero-order chi connectivity index (χ0) is 21.8. The summed E-state index contributed by atoms with van der Waals surface area (Å²) in [6, 6.07) is 10.6. The maximum Gasteiger partial charge on any atom is 0.292 e. The van der Waals surface area contributed by atoms with Gasteiger partial charge < -0.3 is 10.2 Å². The third-order valence-electron chi connectivity index (χ3n) is 5.63. The van der Waals surface area contributed by atoms with Crippen LogP contribution in [-0.2, 0) is 11.3 Å². The van der Waals surface area contributed by atoms with Crippen LogP contribution in [0.4, 0.5) is 11.4 Å². The molecule has 0 saturated carbocycles. The first kappa shape index (κ1) is 20.5. The van der Waals surface area contributed by atoms with E-state index in [0.29, 0.717) is 38.2 Å². The van der Waals surface area contributed by atoms with Crippen molar-refractivity contribution >= 4 is 17.3 Å². The second kappa shape index (κ2) is 8.95. The van der Waals surface area contributed by atoms with Crippen LogP contribution in [0, 0.1) is 23.0 Å². The first-order valence-corrected chi connectivity index (χ1v) is 10.2. The van der Waals surface area contributed by atoms with E-state index >= 15 is 0 Å². The summed E-state index contributed by atoms with van der Waals surface area (Å²) in [6.45, 7) is 3.56. The van der Waals surface area contributed by atoms with Crippen molar-refractivity contribution < 1.29 is 9.72 Å². The van der Waals surface area contributed by atoms with E-state index < -0.39 is 0 Å². The van der Waals surface area contributed by atoms with E-state index in [1.54, 1.807) is 30.6 Å². The highest BCUT2D eigenvalue weighted by molar-refractivity contribution is 5.79. The lowest BCUT2D eigenvalue weighted by Gasteiger charge is -2.32. The summed E-state index contributed by atoms with van der Waals surface area (Å²) in [5.74, 6) is 1.52. The highest BCUT2D eigenvalue weighted by Gasteiger charge is 2.27. The lowest BCUT2D eigenvalue weighted by atomic mass is 9.95. The summed E-state index contributed by atoms with van der Waals surface area (Å²) in [6.07, 6.45) is 6.62. The van der Waals surface area contributed by atoms with E-state index in [1.165, 1.54) is 6.07 Å². The van der Waals surface area contributed by atoms with E-state index in [9.17, 15) is 14.9 Å². The largest absolute Gasteiger partial charge is 0.366 e. The van der Waals surface area contributed by atoms with Crippen molar-refractivity contribution in [2.75, 3.05) is 18.0 Å². The van der Waals surface area contributed by atoms with Crippen molar-refractivity contribution in [3.63, 3.8) is 0 Å². The molecule has 1 aliphatic rings. The summed E-state index contributed by atoms with van der Waals surface area (Å²) in [5.41, 5.74) is 1.68. The third-order valence-corrected chi connectivity index (χ3v) is 5.63. The highest BCUT2D eigenvalue weighted by Crippen LogP contribution is 2.31. The van der Waals surface area contributed by atoms with Crippen LogP contribution in [0.1, 0.15) is 24.2 Å². The predicted octanol–water partition coefficient (Wildman–Crippen LogP) is 3.02. The molecule has 0 spiro atoms. The fourth-order valence-corrected chi connectivity index (χ4v) is 3.92. The van der Waals surface area contributed by atoms with Gasteiger partial charge in [0.1, 0.15) is 17.3 Å². The summed E-state index contributed by atoms with van der Waals surface area (Å²) in [4.78, 5) is 34.2. The number of nitrogens with one attached hydrogen (secondary N) is 1. The molecule has 3 aromatic rings. The Hall–Kier alpha value is -3.75. The Morgan fingerprint density at radius 3 is 2.68 bits per heavy atom. The van der Waals surface area contributed by atoms with E-state index in [0.717, 1.165) is 17.2 Å². The Morgan fingerprint density at radius 2 is 1.97 bits per heavy atom. The second-order valence-electron chi connectivity index (χ2n) is 7.59. The van der Waals surface area contributed by atoms with E-state index in [-0.39, 0.29) is 22.4 Å². The summed E-state index contributed by atoms with van der Waals surface area (Å²) in [7, 11) is 0. The zero-order valence-electron chi connectivity index (χ0n) is 17.3. The molecule has 31 heavy (non-hydrogen) atoms. The summed E-state index contributed by atoms with van der Waals surface area (Å²) < 4.78 is 1.89. The number of aromatic nitrogens is 3. The van der Waals surface area contributed by atoms with E-state index in [2.05, 4.69) is 15.3 Å². The van der Waals surface area contributed by atoms with Gasteiger partial charge in [-0.25, -0.2) is 9.97 Å². The normalized spacial score (nSPS) is 14.4. The number of benzene rings is 1. The molecule has 4 rings (SSSR count). The van der Waals surface area contributed by atoms with Gasteiger partial charge in [0.25, 0.3) is 5.69 Å². The molecular weight excluding hydrogens is 396 g/mol. The van der Waals surface area contributed by atoms with Gasteiger partial charge in [-0.05, 0) is 43.5 Å². The Bertz CT molecular complexity index is 1090. The van der Waals surface area contributed by atoms with Crippen LogP contribution in [0.25, 0.3) is 5.82 Å². The smallest absolute Gasteiger partial charge is 0.292 e.